The van der Waals surface area contributed by atoms with E-state index in [9.17, 15) is 9.90 Å². The van der Waals surface area contributed by atoms with Gasteiger partial charge in [-0.2, -0.15) is 0 Å². The summed E-state index contributed by atoms with van der Waals surface area (Å²) in [5.74, 6) is 0.526. The third-order valence-electron chi connectivity index (χ3n) is 2.77. The van der Waals surface area contributed by atoms with Gasteiger partial charge in [0.05, 0.1) is 12.7 Å². The second kappa shape index (κ2) is 6.40. The topological polar surface area (TPSA) is 58.6 Å². The molecule has 2 N–H and O–H groups in total. The third-order valence-corrected chi connectivity index (χ3v) is 2.77. The van der Waals surface area contributed by atoms with E-state index >= 15 is 0 Å². The van der Waals surface area contributed by atoms with E-state index in [1.54, 1.807) is 38.3 Å². The number of rotatable bonds is 6. The summed E-state index contributed by atoms with van der Waals surface area (Å²) in [6.45, 7) is 3.98. The molecule has 100 valence electrons. The monoisotopic (exact) mass is 251 g/mol. The zero-order valence-electron chi connectivity index (χ0n) is 11.2. The lowest BCUT2D eigenvalue weighted by atomic mass is 10.0. The first-order chi connectivity index (χ1) is 8.48. The Morgan fingerprint density at radius 1 is 1.39 bits per heavy atom. The highest BCUT2D eigenvalue weighted by molar-refractivity contribution is 5.94. The van der Waals surface area contributed by atoms with E-state index in [0.717, 1.165) is 6.42 Å². The van der Waals surface area contributed by atoms with Crippen LogP contribution in [0.3, 0.4) is 0 Å². The summed E-state index contributed by atoms with van der Waals surface area (Å²) in [4.78, 5) is 11.8. The van der Waals surface area contributed by atoms with Crippen molar-refractivity contribution in [2.45, 2.75) is 32.3 Å². The minimum absolute atomic E-state index is 0.186. The van der Waals surface area contributed by atoms with Crippen LogP contribution in [0.1, 0.15) is 37.0 Å². The van der Waals surface area contributed by atoms with Crippen LogP contribution < -0.4 is 10.1 Å². The van der Waals surface area contributed by atoms with Gasteiger partial charge in [-0.25, -0.2) is 0 Å². The zero-order valence-corrected chi connectivity index (χ0v) is 11.2. The van der Waals surface area contributed by atoms with Gasteiger partial charge in [0, 0.05) is 12.1 Å². The van der Waals surface area contributed by atoms with Crippen LogP contribution in [0.25, 0.3) is 0 Å². The van der Waals surface area contributed by atoms with Gasteiger partial charge in [0.2, 0.25) is 0 Å². The van der Waals surface area contributed by atoms with E-state index in [4.69, 9.17) is 4.74 Å². The molecule has 4 heteroatoms. The number of aliphatic hydroxyl groups is 1. The van der Waals surface area contributed by atoms with Crippen molar-refractivity contribution in [3.05, 3.63) is 29.8 Å². The van der Waals surface area contributed by atoms with Gasteiger partial charge in [0.1, 0.15) is 5.75 Å². The number of amides is 1. The Bertz CT molecular complexity index is 385. The van der Waals surface area contributed by atoms with Crippen LogP contribution in [0.15, 0.2) is 24.3 Å². The number of benzene rings is 1. The first kappa shape index (κ1) is 14.5. The van der Waals surface area contributed by atoms with Crippen LogP contribution in [0.2, 0.25) is 0 Å². The minimum atomic E-state index is -0.850. The van der Waals surface area contributed by atoms with E-state index in [1.807, 2.05) is 6.92 Å². The smallest absolute Gasteiger partial charge is 0.251 e. The van der Waals surface area contributed by atoms with Crippen molar-refractivity contribution < 1.29 is 14.6 Å². The van der Waals surface area contributed by atoms with Crippen LogP contribution in [0.5, 0.6) is 5.75 Å². The van der Waals surface area contributed by atoms with E-state index in [2.05, 4.69) is 5.32 Å². The SMILES string of the molecule is CCCC(C)(O)CNC(=O)c1ccc(OC)cc1. The Kier molecular flexibility index (Phi) is 5.16. The van der Waals surface area contributed by atoms with E-state index in [0.29, 0.717) is 17.7 Å². The molecule has 0 spiro atoms. The van der Waals surface area contributed by atoms with Crippen molar-refractivity contribution in [2.75, 3.05) is 13.7 Å². The van der Waals surface area contributed by atoms with Gasteiger partial charge in [-0.1, -0.05) is 13.3 Å². The molecule has 1 aromatic rings. The van der Waals surface area contributed by atoms with Crippen LogP contribution in [-0.4, -0.2) is 30.3 Å². The summed E-state index contributed by atoms with van der Waals surface area (Å²) in [6.07, 6.45) is 1.54. The minimum Gasteiger partial charge on any atom is -0.497 e. The molecular weight excluding hydrogens is 230 g/mol. The summed E-state index contributed by atoms with van der Waals surface area (Å²) in [6, 6.07) is 6.86. The molecule has 0 aromatic heterocycles. The van der Waals surface area contributed by atoms with E-state index in [-0.39, 0.29) is 12.5 Å². The highest BCUT2D eigenvalue weighted by Crippen LogP contribution is 2.13. The molecule has 0 heterocycles. The molecule has 0 saturated carbocycles. The summed E-state index contributed by atoms with van der Waals surface area (Å²) in [5, 5.41) is 12.7. The lowest BCUT2D eigenvalue weighted by Gasteiger charge is -2.22. The predicted octanol–water partition coefficient (Wildman–Crippen LogP) is 1.98. The number of methoxy groups -OCH3 is 1. The summed E-state index contributed by atoms with van der Waals surface area (Å²) >= 11 is 0. The standard InChI is InChI=1S/C14H21NO3/c1-4-9-14(2,17)10-15-13(16)11-5-7-12(18-3)8-6-11/h5-8,17H,4,9-10H2,1-3H3,(H,15,16). The fourth-order valence-electron chi connectivity index (χ4n) is 1.74. The Morgan fingerprint density at radius 2 is 2.00 bits per heavy atom. The van der Waals surface area contributed by atoms with Gasteiger partial charge >= 0.3 is 0 Å². The molecule has 1 unspecified atom stereocenters. The van der Waals surface area contributed by atoms with Gasteiger partial charge in [-0.05, 0) is 37.6 Å². The highest BCUT2D eigenvalue weighted by Gasteiger charge is 2.20. The molecular formula is C14H21NO3. The number of hydrogen-bond donors (Lipinski definition) is 2. The molecule has 0 aliphatic carbocycles. The van der Waals surface area contributed by atoms with Crippen LogP contribution in [0.4, 0.5) is 0 Å². The molecule has 0 aliphatic rings. The molecule has 0 aliphatic heterocycles. The average molecular weight is 251 g/mol. The molecule has 1 aromatic carbocycles. The normalized spacial score (nSPS) is 13.8. The summed E-state index contributed by atoms with van der Waals surface area (Å²) in [7, 11) is 1.58. The predicted molar refractivity (Wildman–Crippen MR) is 70.9 cm³/mol. The number of carbonyl (C=O) groups excluding carboxylic acids is 1. The Labute approximate surface area is 108 Å². The molecule has 18 heavy (non-hydrogen) atoms. The number of carbonyl (C=O) groups is 1. The lowest BCUT2D eigenvalue weighted by Crippen LogP contribution is -2.40. The first-order valence-electron chi connectivity index (χ1n) is 6.13. The Morgan fingerprint density at radius 3 is 2.50 bits per heavy atom. The van der Waals surface area contributed by atoms with Crippen molar-refractivity contribution in [3.8, 4) is 5.75 Å². The molecule has 1 rings (SSSR count). The molecule has 0 bridgehead atoms. The van der Waals surface area contributed by atoms with Crippen molar-refractivity contribution in [2.24, 2.45) is 0 Å². The Balaban J connectivity index is 2.54. The van der Waals surface area contributed by atoms with Gasteiger partial charge < -0.3 is 15.2 Å². The van der Waals surface area contributed by atoms with Crippen LogP contribution >= 0.6 is 0 Å². The number of ether oxygens (including phenoxy) is 1. The number of hydrogen-bond acceptors (Lipinski definition) is 3. The Hall–Kier alpha value is -1.55. The van der Waals surface area contributed by atoms with Crippen molar-refractivity contribution in [1.82, 2.24) is 5.32 Å². The second-order valence-electron chi connectivity index (χ2n) is 4.66. The molecule has 1 atom stereocenters. The van der Waals surface area contributed by atoms with Crippen molar-refractivity contribution >= 4 is 5.91 Å². The fourth-order valence-corrected chi connectivity index (χ4v) is 1.74. The maximum absolute atomic E-state index is 11.8. The van der Waals surface area contributed by atoms with E-state index in [1.165, 1.54) is 0 Å². The zero-order chi connectivity index (χ0) is 13.6. The van der Waals surface area contributed by atoms with Crippen LogP contribution in [0, 0.1) is 0 Å². The summed E-state index contributed by atoms with van der Waals surface area (Å²) in [5.41, 5.74) is -0.292. The average Bonchev–Trinajstić information content (AvgIpc) is 2.36. The lowest BCUT2D eigenvalue weighted by molar-refractivity contribution is 0.0469. The molecule has 0 fully saturated rings. The number of nitrogens with one attached hydrogen (secondary N) is 1. The van der Waals surface area contributed by atoms with Gasteiger partial charge in [0.15, 0.2) is 0 Å². The molecule has 4 nitrogen and oxygen atoms in total. The third kappa shape index (κ3) is 4.37. The summed E-state index contributed by atoms with van der Waals surface area (Å²) < 4.78 is 5.02. The highest BCUT2D eigenvalue weighted by atomic mass is 16.5. The molecule has 1 amide bonds. The largest absolute Gasteiger partial charge is 0.497 e. The molecule has 0 saturated heterocycles. The van der Waals surface area contributed by atoms with Gasteiger partial charge in [0.25, 0.3) is 5.91 Å². The maximum Gasteiger partial charge on any atom is 0.251 e. The first-order valence-corrected chi connectivity index (χ1v) is 6.13. The van der Waals surface area contributed by atoms with Gasteiger partial charge in [-0.3, -0.25) is 4.79 Å². The van der Waals surface area contributed by atoms with E-state index < -0.39 is 5.60 Å². The quantitative estimate of drug-likeness (QED) is 0.812. The fraction of sp³-hybridized carbons (Fsp3) is 0.500. The maximum atomic E-state index is 11.8. The van der Waals surface area contributed by atoms with Gasteiger partial charge in [-0.15, -0.1) is 0 Å². The second-order valence-corrected chi connectivity index (χ2v) is 4.66. The van der Waals surface area contributed by atoms with Crippen molar-refractivity contribution in [3.63, 3.8) is 0 Å². The van der Waals surface area contributed by atoms with Crippen LogP contribution in [-0.2, 0) is 0 Å². The molecule has 0 radical (unpaired) electrons. The van der Waals surface area contributed by atoms with Crippen molar-refractivity contribution in [1.29, 1.82) is 0 Å².